The highest BCUT2D eigenvalue weighted by Crippen LogP contribution is 2.36. The van der Waals surface area contributed by atoms with Crippen molar-refractivity contribution in [2.24, 2.45) is 0 Å². The highest BCUT2D eigenvalue weighted by molar-refractivity contribution is 8.04. The molecule has 33 heavy (non-hydrogen) atoms. The lowest BCUT2D eigenvalue weighted by Gasteiger charge is -2.20. The molecule has 0 radical (unpaired) electrons. The van der Waals surface area contributed by atoms with Gasteiger partial charge in [0.25, 0.3) is 20.2 Å². The molecular weight excluding hydrogens is 490 g/mol. The van der Waals surface area contributed by atoms with Gasteiger partial charge in [-0.15, -0.1) is 0 Å². The number of nitrogens with zero attached hydrogens (tertiary/aromatic N) is 1. The molecule has 2 aromatic carbocycles. The van der Waals surface area contributed by atoms with Crippen LogP contribution in [-0.2, 0) is 38.1 Å². The molecule has 0 spiro atoms. The van der Waals surface area contributed by atoms with Gasteiger partial charge in [-0.25, -0.2) is 0 Å². The number of benzene rings is 2. The van der Waals surface area contributed by atoms with E-state index in [9.17, 15) is 22.1 Å². The minimum absolute atomic E-state index is 0.0337. The molecule has 3 rings (SSSR count). The number of methoxy groups -OCH3 is 1. The zero-order valence-corrected chi connectivity index (χ0v) is 20.5. The fourth-order valence-corrected chi connectivity index (χ4v) is 5.96. The van der Waals surface area contributed by atoms with Crippen LogP contribution in [0.15, 0.2) is 58.3 Å². The van der Waals surface area contributed by atoms with Crippen molar-refractivity contribution in [2.75, 3.05) is 13.7 Å². The van der Waals surface area contributed by atoms with Crippen molar-refractivity contribution >= 4 is 32.0 Å². The molecule has 4 unspecified atom stereocenters. The third-order valence-electron chi connectivity index (χ3n) is 4.93. The molecule has 1 saturated heterocycles. The monoisotopic (exact) mass is 513 g/mol. The highest BCUT2D eigenvalue weighted by Gasteiger charge is 2.49. The van der Waals surface area contributed by atoms with Crippen molar-refractivity contribution in [1.82, 2.24) is 0 Å². The van der Waals surface area contributed by atoms with E-state index in [1.165, 1.54) is 31.4 Å². The van der Waals surface area contributed by atoms with Crippen LogP contribution in [0.25, 0.3) is 0 Å². The molecule has 12 heteroatoms. The largest absolute Gasteiger partial charge is 0.353 e. The smallest absolute Gasteiger partial charge is 0.297 e. The van der Waals surface area contributed by atoms with Gasteiger partial charge in [0.15, 0.2) is 6.29 Å². The summed E-state index contributed by atoms with van der Waals surface area (Å²) in [5.74, 6) is 0. The second-order valence-electron chi connectivity index (χ2n) is 7.33. The van der Waals surface area contributed by atoms with E-state index >= 15 is 0 Å². The maximum atomic E-state index is 12.8. The average Bonchev–Trinajstić information content (AvgIpc) is 3.09. The minimum atomic E-state index is -4.21. The van der Waals surface area contributed by atoms with Crippen molar-refractivity contribution in [3.63, 3.8) is 0 Å². The van der Waals surface area contributed by atoms with E-state index in [0.29, 0.717) is 11.8 Å². The molecule has 178 valence electrons. The molecule has 0 N–H and O–H groups in total. The Bertz CT molecular complexity index is 1210. The molecule has 0 aliphatic carbocycles. The van der Waals surface area contributed by atoms with Crippen LogP contribution in [0.4, 0.5) is 0 Å². The summed E-state index contributed by atoms with van der Waals surface area (Å²) in [6, 6.07) is 12.2. The first-order valence-corrected chi connectivity index (χ1v) is 13.5. The Balaban J connectivity index is 1.79. The standard InChI is InChI=1S/C21H23NO8S3/c1-14-4-8-16(9-5-14)32(23,24)28-12-18-20(31-13-22)19(21(27-3)29-18)30-33(25,26)17-10-6-15(2)7-11-17/h4-11,18-21H,12H2,1-3H3. The molecule has 2 aromatic rings. The molecular formula is C21H23NO8S3. The molecule has 1 aliphatic heterocycles. The summed E-state index contributed by atoms with van der Waals surface area (Å²) in [6.45, 7) is 3.18. The van der Waals surface area contributed by atoms with Gasteiger partial charge in [-0.2, -0.15) is 22.1 Å². The van der Waals surface area contributed by atoms with Gasteiger partial charge in [-0.1, -0.05) is 35.4 Å². The third kappa shape index (κ3) is 6.13. The number of thioether (sulfide) groups is 1. The molecule has 0 saturated carbocycles. The van der Waals surface area contributed by atoms with E-state index in [2.05, 4.69) is 0 Å². The quantitative estimate of drug-likeness (QED) is 0.364. The lowest BCUT2D eigenvalue weighted by molar-refractivity contribution is -0.146. The summed E-state index contributed by atoms with van der Waals surface area (Å²) in [5.41, 5.74) is 1.76. The van der Waals surface area contributed by atoms with Crippen LogP contribution in [0.5, 0.6) is 0 Å². The zero-order chi connectivity index (χ0) is 24.2. The fourth-order valence-electron chi connectivity index (χ4n) is 3.16. The summed E-state index contributed by atoms with van der Waals surface area (Å²) in [5, 5.41) is 10.2. The lowest BCUT2D eigenvalue weighted by Crippen LogP contribution is -2.37. The van der Waals surface area contributed by atoms with E-state index in [-0.39, 0.29) is 9.79 Å². The second-order valence-corrected chi connectivity index (χ2v) is 11.5. The van der Waals surface area contributed by atoms with Crippen LogP contribution in [-0.4, -0.2) is 54.3 Å². The van der Waals surface area contributed by atoms with E-state index in [4.69, 9.17) is 17.8 Å². The van der Waals surface area contributed by atoms with Gasteiger partial charge in [0.1, 0.15) is 17.6 Å². The van der Waals surface area contributed by atoms with Gasteiger partial charge >= 0.3 is 0 Å². The SMILES string of the molecule is COC1OC(COS(=O)(=O)c2ccc(C)cc2)C(SC#N)C1OS(=O)(=O)c1ccc(C)cc1. The summed E-state index contributed by atoms with van der Waals surface area (Å²) >= 11 is 0.697. The first-order chi connectivity index (χ1) is 15.6. The first-order valence-electron chi connectivity index (χ1n) is 9.76. The Morgan fingerprint density at radius 1 is 0.939 bits per heavy atom. The van der Waals surface area contributed by atoms with Crippen molar-refractivity contribution in [1.29, 1.82) is 5.26 Å². The predicted molar refractivity (Wildman–Crippen MR) is 120 cm³/mol. The van der Waals surface area contributed by atoms with Crippen molar-refractivity contribution in [3.8, 4) is 5.40 Å². The van der Waals surface area contributed by atoms with Gasteiger partial charge in [-0.3, -0.25) is 8.37 Å². The summed E-state index contributed by atoms with van der Waals surface area (Å²) in [7, 11) is -7.02. The van der Waals surface area contributed by atoms with Crippen LogP contribution in [0, 0.1) is 24.5 Å². The minimum Gasteiger partial charge on any atom is -0.353 e. The molecule has 0 amide bonds. The molecule has 1 aliphatic rings. The number of hydrogen-bond acceptors (Lipinski definition) is 10. The topological polar surface area (TPSA) is 129 Å². The lowest BCUT2D eigenvalue weighted by atomic mass is 10.2. The molecule has 4 atom stereocenters. The zero-order valence-electron chi connectivity index (χ0n) is 18.1. The van der Waals surface area contributed by atoms with Crippen LogP contribution in [0.3, 0.4) is 0 Å². The van der Waals surface area contributed by atoms with E-state index < -0.39 is 50.6 Å². The van der Waals surface area contributed by atoms with E-state index in [1.54, 1.807) is 24.3 Å². The maximum Gasteiger partial charge on any atom is 0.297 e. The van der Waals surface area contributed by atoms with Gasteiger partial charge < -0.3 is 9.47 Å². The Kier molecular flexibility index (Phi) is 8.17. The third-order valence-corrected chi connectivity index (χ3v) is 8.50. The van der Waals surface area contributed by atoms with Crippen LogP contribution in [0.2, 0.25) is 0 Å². The number of hydrogen-bond donors (Lipinski definition) is 0. The van der Waals surface area contributed by atoms with Gasteiger partial charge in [-0.05, 0) is 49.9 Å². The Morgan fingerprint density at radius 2 is 1.45 bits per heavy atom. The van der Waals surface area contributed by atoms with Crippen LogP contribution < -0.4 is 0 Å². The number of ether oxygens (including phenoxy) is 2. The van der Waals surface area contributed by atoms with Crippen molar-refractivity contribution < 1.29 is 34.7 Å². The molecule has 0 aromatic heterocycles. The number of aryl methyl sites for hydroxylation is 2. The fraction of sp³-hybridized carbons (Fsp3) is 0.381. The van der Waals surface area contributed by atoms with E-state index in [0.717, 1.165) is 11.1 Å². The predicted octanol–water partition coefficient (Wildman–Crippen LogP) is 2.74. The average molecular weight is 514 g/mol. The van der Waals surface area contributed by atoms with Crippen LogP contribution in [0.1, 0.15) is 11.1 Å². The summed E-state index contributed by atoms with van der Waals surface area (Å²) in [6.07, 6.45) is -3.36. The second kappa shape index (κ2) is 10.5. The molecule has 0 bridgehead atoms. The normalized spacial score (nSPS) is 23.3. The number of thiocyanates is 1. The Hall–Kier alpha value is -1.98. The number of nitriles is 1. The summed E-state index contributed by atoms with van der Waals surface area (Å²) in [4.78, 5) is -0.0982. The van der Waals surface area contributed by atoms with E-state index in [1.807, 2.05) is 19.2 Å². The first kappa shape index (κ1) is 25.6. The molecule has 1 heterocycles. The molecule has 1 fully saturated rings. The highest BCUT2D eigenvalue weighted by atomic mass is 32.2. The maximum absolute atomic E-state index is 12.8. The summed E-state index contributed by atoms with van der Waals surface area (Å²) < 4.78 is 72.1. The van der Waals surface area contributed by atoms with Gasteiger partial charge in [0.2, 0.25) is 0 Å². The van der Waals surface area contributed by atoms with Crippen molar-refractivity contribution in [2.45, 2.75) is 47.4 Å². The van der Waals surface area contributed by atoms with Crippen LogP contribution >= 0.6 is 11.8 Å². The van der Waals surface area contributed by atoms with Crippen molar-refractivity contribution in [3.05, 3.63) is 59.7 Å². The Labute approximate surface area is 197 Å². The molecule has 9 nitrogen and oxygen atoms in total. The number of rotatable bonds is 9. The van der Waals surface area contributed by atoms with Gasteiger partial charge in [0.05, 0.1) is 21.6 Å². The Morgan fingerprint density at radius 3 is 1.94 bits per heavy atom. The van der Waals surface area contributed by atoms with Gasteiger partial charge in [0, 0.05) is 7.11 Å².